The Morgan fingerprint density at radius 3 is 2.48 bits per heavy atom. The number of pyridine rings is 1. The Morgan fingerprint density at radius 1 is 1.15 bits per heavy atom. The van der Waals surface area contributed by atoms with Crippen molar-refractivity contribution in [2.24, 2.45) is 0 Å². The molecule has 2 N–H and O–H groups in total. The molecule has 0 saturated heterocycles. The zero-order chi connectivity index (χ0) is 19.4. The van der Waals surface area contributed by atoms with Crippen LogP contribution in [0.4, 0.5) is 11.4 Å². The van der Waals surface area contributed by atoms with Crippen LogP contribution in [0.2, 0.25) is 5.02 Å². The maximum atomic E-state index is 10.9. The molecule has 2 heterocycles. The van der Waals surface area contributed by atoms with E-state index in [0.29, 0.717) is 15.7 Å². The zero-order valence-corrected chi connectivity index (χ0v) is 17.3. The highest BCUT2D eigenvalue weighted by Gasteiger charge is 2.24. The number of nitrogens with one attached hydrogen (secondary N) is 1. The molecule has 0 radical (unpaired) electrons. The summed E-state index contributed by atoms with van der Waals surface area (Å²) in [6.07, 6.45) is 3.75. The van der Waals surface area contributed by atoms with Crippen molar-refractivity contribution in [3.05, 3.63) is 76.2 Å². The first-order chi connectivity index (χ1) is 13.0. The summed E-state index contributed by atoms with van der Waals surface area (Å²) in [5, 5.41) is 16.6. The summed E-state index contributed by atoms with van der Waals surface area (Å²) in [6.45, 7) is 0. The van der Waals surface area contributed by atoms with Gasteiger partial charge in [-0.25, -0.2) is 0 Å². The van der Waals surface area contributed by atoms with E-state index in [9.17, 15) is 5.11 Å². The average molecular weight is 417 g/mol. The lowest BCUT2D eigenvalue weighted by Crippen LogP contribution is -2.38. The Labute approximate surface area is 173 Å². The molecule has 4 nitrogen and oxygen atoms in total. The molecule has 138 valence electrons. The van der Waals surface area contributed by atoms with E-state index in [1.54, 1.807) is 12.1 Å². The lowest BCUT2D eigenvalue weighted by molar-refractivity contribution is -0.575. The second-order valence-electron chi connectivity index (χ2n) is 6.00. The number of hydrogen-bond donors (Lipinski definition) is 2. The van der Waals surface area contributed by atoms with E-state index in [1.807, 2.05) is 77.7 Å². The van der Waals surface area contributed by atoms with Crippen molar-refractivity contribution in [1.82, 2.24) is 0 Å². The Hall–Kier alpha value is -2.41. The van der Waals surface area contributed by atoms with Gasteiger partial charge < -0.3 is 15.3 Å². The SMILES string of the molecule is CN(C)c1cc[n+](/C(C(=S)Nc2cccc(Cl)c2)=C(\O)c2cccs2)cc1. The summed E-state index contributed by atoms with van der Waals surface area (Å²) in [5.74, 6) is 0.118. The Bertz CT molecular complexity index is 967. The van der Waals surface area contributed by atoms with Crippen LogP contribution in [-0.2, 0) is 0 Å². The van der Waals surface area contributed by atoms with Gasteiger partial charge in [0.2, 0.25) is 5.76 Å². The number of benzene rings is 1. The number of aliphatic hydroxyl groups excluding tert-OH is 1. The van der Waals surface area contributed by atoms with Crippen LogP contribution in [0.1, 0.15) is 4.88 Å². The molecular formula is C20H19ClN3OS2+. The summed E-state index contributed by atoms with van der Waals surface area (Å²) in [7, 11) is 3.95. The van der Waals surface area contributed by atoms with E-state index in [2.05, 4.69) is 5.32 Å². The van der Waals surface area contributed by atoms with Gasteiger partial charge in [0, 0.05) is 42.6 Å². The topological polar surface area (TPSA) is 39.4 Å². The minimum absolute atomic E-state index is 0.118. The quantitative estimate of drug-likeness (QED) is 0.263. The highest BCUT2D eigenvalue weighted by molar-refractivity contribution is 7.81. The second kappa shape index (κ2) is 8.52. The average Bonchev–Trinajstić information content (AvgIpc) is 3.17. The fourth-order valence-electron chi connectivity index (χ4n) is 2.50. The number of thiocarbonyl (C=S) groups is 1. The predicted molar refractivity (Wildman–Crippen MR) is 119 cm³/mol. The van der Waals surface area contributed by atoms with Gasteiger partial charge in [-0.2, -0.15) is 4.57 Å². The number of rotatable bonds is 5. The minimum atomic E-state index is 0.118. The minimum Gasteiger partial charge on any atom is -0.501 e. The van der Waals surface area contributed by atoms with Crippen molar-refractivity contribution in [1.29, 1.82) is 0 Å². The molecule has 27 heavy (non-hydrogen) atoms. The lowest BCUT2D eigenvalue weighted by atomic mass is 10.2. The molecule has 0 fully saturated rings. The summed E-state index contributed by atoms with van der Waals surface area (Å²) >= 11 is 13.1. The van der Waals surface area contributed by atoms with Crippen LogP contribution >= 0.6 is 35.2 Å². The number of thiophene rings is 1. The molecule has 0 amide bonds. The third-order valence-electron chi connectivity index (χ3n) is 3.86. The number of aromatic nitrogens is 1. The molecule has 0 aliphatic rings. The molecule has 0 atom stereocenters. The molecule has 0 spiro atoms. The number of nitrogens with zero attached hydrogens (tertiary/aromatic N) is 2. The maximum Gasteiger partial charge on any atom is 0.289 e. The van der Waals surface area contributed by atoms with Crippen LogP contribution in [0.15, 0.2) is 66.3 Å². The van der Waals surface area contributed by atoms with Crippen molar-refractivity contribution >= 4 is 63.0 Å². The van der Waals surface area contributed by atoms with Gasteiger partial charge in [-0.15, -0.1) is 11.3 Å². The van der Waals surface area contributed by atoms with Gasteiger partial charge in [-0.05, 0) is 29.6 Å². The summed E-state index contributed by atoms with van der Waals surface area (Å²) in [5.41, 5.74) is 2.31. The Morgan fingerprint density at radius 2 is 1.89 bits per heavy atom. The van der Waals surface area contributed by atoms with Gasteiger partial charge in [0.25, 0.3) is 5.70 Å². The highest BCUT2D eigenvalue weighted by Crippen LogP contribution is 2.24. The molecule has 3 aromatic rings. The fraction of sp³-hybridized carbons (Fsp3) is 0.100. The molecule has 0 bridgehead atoms. The van der Waals surface area contributed by atoms with Crippen LogP contribution in [0.3, 0.4) is 0 Å². The number of aliphatic hydroxyl groups is 1. The van der Waals surface area contributed by atoms with Crippen LogP contribution in [0, 0.1) is 0 Å². The molecule has 0 aliphatic carbocycles. The smallest absolute Gasteiger partial charge is 0.289 e. The van der Waals surface area contributed by atoms with Crippen LogP contribution in [-0.4, -0.2) is 24.2 Å². The van der Waals surface area contributed by atoms with Gasteiger partial charge in [0.15, 0.2) is 17.4 Å². The molecule has 2 aromatic heterocycles. The van der Waals surface area contributed by atoms with Gasteiger partial charge in [-0.3, -0.25) is 0 Å². The normalized spacial score (nSPS) is 11.7. The van der Waals surface area contributed by atoms with E-state index in [4.69, 9.17) is 23.8 Å². The predicted octanol–water partition coefficient (Wildman–Crippen LogP) is 5.08. The third-order valence-corrected chi connectivity index (χ3v) is 5.27. The van der Waals surface area contributed by atoms with E-state index in [-0.39, 0.29) is 5.76 Å². The zero-order valence-electron chi connectivity index (χ0n) is 14.9. The first kappa shape index (κ1) is 19.4. The maximum absolute atomic E-state index is 10.9. The summed E-state index contributed by atoms with van der Waals surface area (Å²) in [6, 6.07) is 15.0. The molecule has 0 aliphatic heterocycles. The summed E-state index contributed by atoms with van der Waals surface area (Å²) < 4.78 is 1.81. The molecule has 1 aromatic carbocycles. The van der Waals surface area contributed by atoms with Gasteiger partial charge in [0.1, 0.15) is 0 Å². The van der Waals surface area contributed by atoms with Gasteiger partial charge >= 0.3 is 0 Å². The van der Waals surface area contributed by atoms with Crippen molar-refractivity contribution in [3.63, 3.8) is 0 Å². The number of anilines is 2. The highest BCUT2D eigenvalue weighted by atomic mass is 35.5. The lowest BCUT2D eigenvalue weighted by Gasteiger charge is -2.12. The van der Waals surface area contributed by atoms with Crippen molar-refractivity contribution in [2.75, 3.05) is 24.3 Å². The Balaban J connectivity index is 2.02. The fourth-order valence-corrected chi connectivity index (χ4v) is 3.68. The standard InChI is InChI=1S/C20H18ClN3OS2/c1-23(2)16-8-10-24(11-9-16)18(19(25)17-7-4-12-27-17)20(26)22-15-6-3-5-14(21)13-15/h3-13H,1-2H3,(H-,22,25,26)/p+1. The van der Waals surface area contributed by atoms with Crippen LogP contribution in [0.25, 0.3) is 11.5 Å². The van der Waals surface area contributed by atoms with Crippen LogP contribution < -0.4 is 14.8 Å². The largest absolute Gasteiger partial charge is 0.501 e. The second-order valence-corrected chi connectivity index (χ2v) is 7.79. The first-order valence-electron chi connectivity index (χ1n) is 8.19. The van der Waals surface area contributed by atoms with Crippen molar-refractivity contribution < 1.29 is 9.67 Å². The van der Waals surface area contributed by atoms with Crippen LogP contribution in [0.5, 0.6) is 0 Å². The Kier molecular flexibility index (Phi) is 6.11. The van der Waals surface area contributed by atoms with Gasteiger partial charge in [-0.1, -0.05) is 36.0 Å². The number of halogens is 1. The van der Waals surface area contributed by atoms with E-state index in [1.165, 1.54) is 11.3 Å². The summed E-state index contributed by atoms with van der Waals surface area (Å²) in [4.78, 5) is 3.14. The number of hydrogen-bond acceptors (Lipinski definition) is 4. The van der Waals surface area contributed by atoms with Crippen molar-refractivity contribution in [3.8, 4) is 0 Å². The molecule has 3 rings (SSSR count). The monoisotopic (exact) mass is 416 g/mol. The van der Waals surface area contributed by atoms with Crippen molar-refractivity contribution in [2.45, 2.75) is 0 Å². The van der Waals surface area contributed by atoms with E-state index < -0.39 is 0 Å². The third kappa shape index (κ3) is 4.66. The molecule has 7 heteroatoms. The van der Waals surface area contributed by atoms with E-state index in [0.717, 1.165) is 16.3 Å². The molecule has 0 saturated carbocycles. The van der Waals surface area contributed by atoms with Gasteiger partial charge in [0.05, 0.1) is 4.88 Å². The molecule has 0 unspecified atom stereocenters. The first-order valence-corrected chi connectivity index (χ1v) is 9.85. The van der Waals surface area contributed by atoms with E-state index >= 15 is 0 Å². The molecular weight excluding hydrogens is 398 g/mol.